The molecule has 1 aliphatic heterocycles. The first-order valence-electron chi connectivity index (χ1n) is 11.7. The predicted octanol–water partition coefficient (Wildman–Crippen LogP) is 6.08. The van der Waals surface area contributed by atoms with Crippen molar-refractivity contribution in [2.45, 2.75) is 51.4 Å². The fourth-order valence-corrected chi connectivity index (χ4v) is 5.22. The van der Waals surface area contributed by atoms with Gasteiger partial charge in [-0.3, -0.25) is 4.79 Å². The molecule has 2 aliphatic rings. The molecule has 0 saturated heterocycles. The van der Waals surface area contributed by atoms with E-state index in [1.807, 2.05) is 25.1 Å². The number of carbonyl (C=O) groups is 1. The molecule has 176 valence electrons. The van der Waals surface area contributed by atoms with Crippen molar-refractivity contribution < 1.29 is 18.8 Å². The second-order valence-electron chi connectivity index (χ2n) is 9.43. The summed E-state index contributed by atoms with van der Waals surface area (Å²) in [5.74, 6) is 2.43. The molecule has 0 saturated carbocycles. The number of ether oxygens (including phenoxy) is 2. The maximum Gasteiger partial charge on any atom is 0.233 e. The molecule has 1 N–H and O–H groups in total. The van der Waals surface area contributed by atoms with Gasteiger partial charge < -0.3 is 19.3 Å². The number of allylic oxidation sites excluding steroid dienone is 2. The molecular weight excluding hydrogens is 428 g/mol. The van der Waals surface area contributed by atoms with Crippen molar-refractivity contribution in [3.05, 3.63) is 81.7 Å². The number of hydrogen-bond donors (Lipinski definition) is 1. The van der Waals surface area contributed by atoms with Crippen LogP contribution in [0.1, 0.15) is 72.4 Å². The number of rotatable bonds is 5. The van der Waals surface area contributed by atoms with Gasteiger partial charge in [-0.2, -0.15) is 0 Å². The minimum absolute atomic E-state index is 0.0353. The molecule has 3 aromatic rings. The van der Waals surface area contributed by atoms with Crippen molar-refractivity contribution in [2.75, 3.05) is 19.5 Å². The Kier molecular flexibility index (Phi) is 5.68. The van der Waals surface area contributed by atoms with Crippen LogP contribution in [0.15, 0.2) is 58.3 Å². The molecule has 0 unspecified atom stereocenters. The van der Waals surface area contributed by atoms with Crippen LogP contribution < -0.4 is 14.8 Å². The topological polar surface area (TPSA) is 73.6 Å². The number of fused-ring (bicyclic) bond motifs is 1. The molecule has 6 nitrogen and oxygen atoms in total. The highest BCUT2D eigenvalue weighted by Crippen LogP contribution is 2.49. The van der Waals surface area contributed by atoms with Crippen LogP contribution in [-0.2, 0) is 4.79 Å². The van der Waals surface area contributed by atoms with Crippen molar-refractivity contribution in [1.29, 1.82) is 0 Å². The number of carbonyl (C=O) groups excluding carboxylic acids is 1. The zero-order valence-corrected chi connectivity index (χ0v) is 20.3. The normalized spacial score (nSPS) is 19.5. The Labute approximate surface area is 199 Å². The Bertz CT molecular complexity index is 1270. The number of aryl methyl sites for hydroxylation is 1. The van der Waals surface area contributed by atoms with E-state index in [9.17, 15) is 4.79 Å². The van der Waals surface area contributed by atoms with E-state index in [4.69, 9.17) is 14.0 Å². The van der Waals surface area contributed by atoms with Crippen LogP contribution in [-0.4, -0.2) is 25.2 Å². The molecule has 0 radical (unpaired) electrons. The quantitative estimate of drug-likeness (QED) is 0.499. The molecule has 2 atom stereocenters. The Hall–Kier alpha value is -3.54. The second kappa shape index (κ2) is 8.67. The number of aromatic nitrogens is 1. The Balaban J connectivity index is 1.56. The van der Waals surface area contributed by atoms with E-state index in [-0.39, 0.29) is 17.6 Å². The first-order valence-corrected chi connectivity index (χ1v) is 11.7. The van der Waals surface area contributed by atoms with Gasteiger partial charge in [0.25, 0.3) is 0 Å². The Morgan fingerprint density at radius 1 is 1.00 bits per heavy atom. The number of benzene rings is 2. The van der Waals surface area contributed by atoms with Crippen LogP contribution in [0.3, 0.4) is 0 Å². The lowest BCUT2D eigenvalue weighted by Gasteiger charge is -2.34. The summed E-state index contributed by atoms with van der Waals surface area (Å²) in [6, 6.07) is 14.5. The van der Waals surface area contributed by atoms with Crippen LogP contribution >= 0.6 is 0 Å². The van der Waals surface area contributed by atoms with E-state index < -0.39 is 0 Å². The lowest BCUT2D eigenvalue weighted by Crippen LogP contribution is -2.29. The third-order valence-corrected chi connectivity index (χ3v) is 7.07. The van der Waals surface area contributed by atoms with E-state index in [1.165, 1.54) is 5.56 Å². The van der Waals surface area contributed by atoms with E-state index in [0.717, 1.165) is 33.7 Å². The maximum absolute atomic E-state index is 13.7. The van der Waals surface area contributed by atoms with Crippen molar-refractivity contribution in [3.8, 4) is 11.5 Å². The van der Waals surface area contributed by atoms with E-state index in [2.05, 4.69) is 48.6 Å². The third kappa shape index (κ3) is 3.67. The van der Waals surface area contributed by atoms with Gasteiger partial charge in [0.05, 0.1) is 25.5 Å². The van der Waals surface area contributed by atoms with Gasteiger partial charge in [-0.15, -0.1) is 0 Å². The third-order valence-electron chi connectivity index (χ3n) is 7.07. The number of Topliss-reactive ketones (excluding diaryl/α,β-unsaturated/α-hetero) is 1. The molecule has 34 heavy (non-hydrogen) atoms. The summed E-state index contributed by atoms with van der Waals surface area (Å²) in [5, 5.41) is 7.62. The molecule has 0 fully saturated rings. The number of anilines is 1. The molecule has 2 aromatic carbocycles. The Morgan fingerprint density at radius 2 is 1.71 bits per heavy atom. The molecule has 1 aliphatic carbocycles. The minimum Gasteiger partial charge on any atom is -0.493 e. The average molecular weight is 459 g/mol. The number of methoxy groups -OCH3 is 2. The summed E-state index contributed by atoms with van der Waals surface area (Å²) in [4.78, 5) is 13.7. The standard InChI is InChI=1S/C28H30N2O4/c1-15(2)17-6-8-18(9-7-17)26-25-16(3)30-34-28(25)29-21-12-20(13-22(31)27(21)26)19-10-11-23(32-4)24(14-19)33-5/h6-11,14-15,20,26,29H,12-13H2,1-5H3/t20-,26+/m1/s1. The van der Waals surface area contributed by atoms with Gasteiger partial charge in [-0.1, -0.05) is 49.3 Å². The molecular formula is C28H30N2O4. The van der Waals surface area contributed by atoms with Crippen molar-refractivity contribution in [3.63, 3.8) is 0 Å². The van der Waals surface area contributed by atoms with Crippen LogP contribution in [0, 0.1) is 6.92 Å². The average Bonchev–Trinajstić information content (AvgIpc) is 3.22. The van der Waals surface area contributed by atoms with Gasteiger partial charge in [0.1, 0.15) is 0 Å². The summed E-state index contributed by atoms with van der Waals surface area (Å²) in [6.07, 6.45) is 1.15. The number of ketones is 1. The Morgan fingerprint density at radius 3 is 2.38 bits per heavy atom. The summed E-state index contributed by atoms with van der Waals surface area (Å²) in [7, 11) is 3.25. The lowest BCUT2D eigenvalue weighted by atomic mass is 9.72. The number of nitrogens with zero attached hydrogens (tertiary/aromatic N) is 1. The number of nitrogens with one attached hydrogen (secondary N) is 1. The van der Waals surface area contributed by atoms with Gasteiger partial charge in [-0.25, -0.2) is 0 Å². The van der Waals surface area contributed by atoms with Gasteiger partial charge in [0, 0.05) is 23.6 Å². The summed E-state index contributed by atoms with van der Waals surface area (Å²) in [6.45, 7) is 6.30. The zero-order valence-electron chi connectivity index (χ0n) is 20.3. The van der Waals surface area contributed by atoms with Crippen molar-refractivity contribution in [1.82, 2.24) is 5.16 Å². The molecule has 1 aromatic heterocycles. The largest absolute Gasteiger partial charge is 0.493 e. The number of hydrogen-bond acceptors (Lipinski definition) is 6. The van der Waals surface area contributed by atoms with E-state index in [0.29, 0.717) is 36.1 Å². The molecule has 6 heteroatoms. The highest BCUT2D eigenvalue weighted by molar-refractivity contribution is 6.01. The van der Waals surface area contributed by atoms with Crippen LogP contribution in [0.5, 0.6) is 11.5 Å². The minimum atomic E-state index is -0.183. The predicted molar refractivity (Wildman–Crippen MR) is 131 cm³/mol. The van der Waals surface area contributed by atoms with E-state index in [1.54, 1.807) is 14.2 Å². The summed E-state index contributed by atoms with van der Waals surface area (Å²) >= 11 is 0. The van der Waals surface area contributed by atoms with Gasteiger partial charge in [0.15, 0.2) is 17.3 Å². The van der Waals surface area contributed by atoms with E-state index >= 15 is 0 Å². The monoisotopic (exact) mass is 458 g/mol. The maximum atomic E-state index is 13.7. The SMILES string of the molecule is COc1ccc([C@H]2CC(=O)C3=C(C2)Nc2onc(C)c2[C@@H]3c2ccc(C(C)C)cc2)cc1OC. The second-order valence-corrected chi connectivity index (χ2v) is 9.43. The van der Waals surface area contributed by atoms with Crippen molar-refractivity contribution in [2.24, 2.45) is 0 Å². The van der Waals surface area contributed by atoms with Crippen LogP contribution in [0.25, 0.3) is 0 Å². The molecule has 0 bridgehead atoms. The first-order chi connectivity index (χ1) is 16.4. The highest BCUT2D eigenvalue weighted by Gasteiger charge is 2.41. The fourth-order valence-electron chi connectivity index (χ4n) is 5.22. The highest BCUT2D eigenvalue weighted by atomic mass is 16.5. The van der Waals surface area contributed by atoms with Crippen LogP contribution in [0.4, 0.5) is 5.88 Å². The van der Waals surface area contributed by atoms with Gasteiger partial charge in [0.2, 0.25) is 5.88 Å². The molecule has 0 amide bonds. The van der Waals surface area contributed by atoms with Crippen LogP contribution in [0.2, 0.25) is 0 Å². The first kappa shape index (κ1) is 22.3. The molecule has 5 rings (SSSR count). The summed E-state index contributed by atoms with van der Waals surface area (Å²) in [5.41, 5.74) is 6.92. The summed E-state index contributed by atoms with van der Waals surface area (Å²) < 4.78 is 16.5. The molecule has 2 heterocycles. The van der Waals surface area contributed by atoms with Gasteiger partial charge >= 0.3 is 0 Å². The molecule has 0 spiro atoms. The van der Waals surface area contributed by atoms with Gasteiger partial charge in [-0.05, 0) is 54.0 Å². The fraction of sp³-hybridized carbons (Fsp3) is 0.357. The smallest absolute Gasteiger partial charge is 0.233 e. The lowest BCUT2D eigenvalue weighted by molar-refractivity contribution is -0.116. The van der Waals surface area contributed by atoms with Crippen molar-refractivity contribution >= 4 is 11.7 Å². The zero-order chi connectivity index (χ0) is 24.0.